The van der Waals surface area contributed by atoms with Crippen molar-refractivity contribution >= 4 is 11.9 Å². The van der Waals surface area contributed by atoms with Gasteiger partial charge in [-0.25, -0.2) is 4.79 Å². The van der Waals surface area contributed by atoms with Gasteiger partial charge >= 0.3 is 5.97 Å². The molecule has 0 radical (unpaired) electrons. The van der Waals surface area contributed by atoms with Crippen LogP contribution in [0.5, 0.6) is 5.75 Å². The van der Waals surface area contributed by atoms with Gasteiger partial charge in [0.05, 0.1) is 0 Å². The van der Waals surface area contributed by atoms with Crippen molar-refractivity contribution in [2.45, 2.75) is 39.7 Å². The van der Waals surface area contributed by atoms with Crippen molar-refractivity contribution in [3.05, 3.63) is 29.3 Å². The van der Waals surface area contributed by atoms with Crippen molar-refractivity contribution in [2.24, 2.45) is 0 Å². The fourth-order valence-electron chi connectivity index (χ4n) is 1.73. The Labute approximate surface area is 118 Å². The molecule has 1 unspecified atom stereocenters. The van der Waals surface area contributed by atoms with Gasteiger partial charge < -0.3 is 15.2 Å². The molecule has 0 saturated carbocycles. The van der Waals surface area contributed by atoms with E-state index in [0.717, 1.165) is 11.1 Å². The normalized spacial score (nSPS) is 11.8. The lowest BCUT2D eigenvalue weighted by Crippen LogP contribution is -2.42. The van der Waals surface area contributed by atoms with Crippen LogP contribution in [0, 0.1) is 13.8 Å². The van der Waals surface area contributed by atoms with Crippen molar-refractivity contribution in [3.63, 3.8) is 0 Å². The summed E-state index contributed by atoms with van der Waals surface area (Å²) >= 11 is 0. The number of carboxylic acids is 1. The molecule has 0 saturated heterocycles. The summed E-state index contributed by atoms with van der Waals surface area (Å²) < 4.78 is 5.36. The van der Waals surface area contributed by atoms with E-state index >= 15 is 0 Å². The highest BCUT2D eigenvalue weighted by Gasteiger charge is 2.18. The topological polar surface area (TPSA) is 75.6 Å². The number of hydrogen-bond donors (Lipinski definition) is 2. The second-order valence-corrected chi connectivity index (χ2v) is 4.78. The summed E-state index contributed by atoms with van der Waals surface area (Å²) in [5.74, 6) is -0.846. The number of rotatable bonds is 7. The van der Waals surface area contributed by atoms with Crippen molar-refractivity contribution in [3.8, 4) is 5.75 Å². The van der Waals surface area contributed by atoms with E-state index in [1.54, 1.807) is 6.07 Å². The Kier molecular flexibility index (Phi) is 6.03. The zero-order valence-electron chi connectivity index (χ0n) is 12.1. The molecule has 0 aliphatic carbocycles. The summed E-state index contributed by atoms with van der Waals surface area (Å²) in [5.41, 5.74) is 2.23. The lowest BCUT2D eigenvalue weighted by molar-refractivity contribution is -0.142. The predicted molar refractivity (Wildman–Crippen MR) is 75.9 cm³/mol. The van der Waals surface area contributed by atoms with E-state index in [9.17, 15) is 9.59 Å². The summed E-state index contributed by atoms with van der Waals surface area (Å²) in [5, 5.41) is 11.4. The van der Waals surface area contributed by atoms with Gasteiger partial charge in [0.25, 0.3) is 5.91 Å². The number of carbonyl (C=O) groups is 2. The predicted octanol–water partition coefficient (Wildman–Crippen LogP) is 2.05. The van der Waals surface area contributed by atoms with E-state index in [0.29, 0.717) is 18.6 Å². The summed E-state index contributed by atoms with van der Waals surface area (Å²) in [7, 11) is 0. The second kappa shape index (κ2) is 7.53. The first-order chi connectivity index (χ1) is 9.43. The van der Waals surface area contributed by atoms with E-state index in [4.69, 9.17) is 9.84 Å². The number of hydrogen-bond acceptors (Lipinski definition) is 3. The van der Waals surface area contributed by atoms with Crippen molar-refractivity contribution in [1.82, 2.24) is 5.32 Å². The Morgan fingerprint density at radius 3 is 2.55 bits per heavy atom. The molecule has 0 aromatic heterocycles. The Hall–Kier alpha value is -2.04. The molecule has 2 N–H and O–H groups in total. The van der Waals surface area contributed by atoms with Crippen LogP contribution in [0.3, 0.4) is 0 Å². The summed E-state index contributed by atoms with van der Waals surface area (Å²) in [6.07, 6.45) is 1.10. The second-order valence-electron chi connectivity index (χ2n) is 4.78. The minimum atomic E-state index is -1.02. The fraction of sp³-hybridized carbons (Fsp3) is 0.467. The molecule has 5 heteroatoms. The average molecular weight is 279 g/mol. The molecule has 1 atom stereocenters. The molecule has 5 nitrogen and oxygen atoms in total. The molecule has 20 heavy (non-hydrogen) atoms. The maximum Gasteiger partial charge on any atom is 0.326 e. The van der Waals surface area contributed by atoms with Crippen LogP contribution in [0.2, 0.25) is 0 Å². The SMILES string of the molecule is CCCC(NC(=O)COc1ccc(C)c(C)c1)C(=O)O. The lowest BCUT2D eigenvalue weighted by Gasteiger charge is -2.14. The van der Waals surface area contributed by atoms with Crippen LogP contribution in [0.1, 0.15) is 30.9 Å². The molecule has 0 spiro atoms. The number of aryl methyl sites for hydroxylation is 2. The lowest BCUT2D eigenvalue weighted by atomic mass is 10.1. The minimum Gasteiger partial charge on any atom is -0.484 e. The van der Waals surface area contributed by atoms with Crippen LogP contribution in [0.4, 0.5) is 0 Å². The minimum absolute atomic E-state index is 0.185. The summed E-state index contributed by atoms with van der Waals surface area (Å²) in [6, 6.07) is 4.70. The smallest absolute Gasteiger partial charge is 0.326 e. The van der Waals surface area contributed by atoms with Crippen LogP contribution in [0.25, 0.3) is 0 Å². The van der Waals surface area contributed by atoms with Gasteiger partial charge in [0.2, 0.25) is 0 Å². The van der Waals surface area contributed by atoms with Crippen molar-refractivity contribution < 1.29 is 19.4 Å². The van der Waals surface area contributed by atoms with E-state index in [1.807, 2.05) is 32.9 Å². The standard InChI is InChI=1S/C15H21NO4/c1-4-5-13(15(18)19)16-14(17)9-20-12-7-6-10(2)11(3)8-12/h6-8,13H,4-5,9H2,1-3H3,(H,16,17)(H,18,19). The van der Waals surface area contributed by atoms with Gasteiger partial charge in [-0.1, -0.05) is 19.4 Å². The van der Waals surface area contributed by atoms with E-state index in [-0.39, 0.29) is 6.61 Å². The third kappa shape index (κ3) is 4.91. The highest BCUT2D eigenvalue weighted by molar-refractivity contribution is 5.84. The van der Waals surface area contributed by atoms with Crippen LogP contribution in [0.15, 0.2) is 18.2 Å². The molecule has 1 aromatic carbocycles. The third-order valence-corrected chi connectivity index (χ3v) is 3.06. The van der Waals surface area contributed by atoms with Crippen LogP contribution in [-0.4, -0.2) is 29.6 Å². The van der Waals surface area contributed by atoms with Crippen molar-refractivity contribution in [1.29, 1.82) is 0 Å². The third-order valence-electron chi connectivity index (χ3n) is 3.06. The van der Waals surface area contributed by atoms with Gasteiger partial charge in [0.15, 0.2) is 6.61 Å². The van der Waals surface area contributed by atoms with E-state index in [2.05, 4.69) is 5.32 Å². The number of carboxylic acid groups (broad SMARTS) is 1. The first-order valence-corrected chi connectivity index (χ1v) is 6.66. The molecule has 0 aliphatic heterocycles. The maximum absolute atomic E-state index is 11.7. The number of amides is 1. The van der Waals surface area contributed by atoms with Crippen molar-refractivity contribution in [2.75, 3.05) is 6.61 Å². The first-order valence-electron chi connectivity index (χ1n) is 6.66. The van der Waals surface area contributed by atoms with Gasteiger partial charge in [-0.2, -0.15) is 0 Å². The van der Waals surface area contributed by atoms with Crippen LogP contribution in [-0.2, 0) is 9.59 Å². The first kappa shape index (κ1) is 16.0. The van der Waals surface area contributed by atoms with Gasteiger partial charge in [0, 0.05) is 0 Å². The molecule has 0 bridgehead atoms. The molecule has 0 aliphatic rings. The van der Waals surface area contributed by atoms with E-state index in [1.165, 1.54) is 0 Å². The number of ether oxygens (including phenoxy) is 1. The van der Waals surface area contributed by atoms with Gasteiger partial charge in [0.1, 0.15) is 11.8 Å². The van der Waals surface area contributed by atoms with Crippen LogP contribution >= 0.6 is 0 Å². The molecular weight excluding hydrogens is 258 g/mol. The zero-order valence-corrected chi connectivity index (χ0v) is 12.1. The Balaban J connectivity index is 2.50. The number of aliphatic carboxylic acids is 1. The highest BCUT2D eigenvalue weighted by atomic mass is 16.5. The quantitative estimate of drug-likeness (QED) is 0.801. The largest absolute Gasteiger partial charge is 0.484 e. The number of nitrogens with one attached hydrogen (secondary N) is 1. The fourth-order valence-corrected chi connectivity index (χ4v) is 1.73. The maximum atomic E-state index is 11.7. The van der Waals surface area contributed by atoms with Gasteiger partial charge in [-0.15, -0.1) is 0 Å². The molecule has 0 heterocycles. The summed E-state index contributed by atoms with van der Waals surface area (Å²) in [6.45, 7) is 5.64. The molecule has 1 aromatic rings. The molecule has 0 fully saturated rings. The summed E-state index contributed by atoms with van der Waals surface area (Å²) in [4.78, 5) is 22.6. The molecule has 1 amide bonds. The van der Waals surface area contributed by atoms with Gasteiger partial charge in [-0.05, 0) is 43.5 Å². The van der Waals surface area contributed by atoms with Gasteiger partial charge in [-0.3, -0.25) is 4.79 Å². The molecule has 1 rings (SSSR count). The zero-order chi connectivity index (χ0) is 15.1. The average Bonchev–Trinajstić information content (AvgIpc) is 2.39. The number of carbonyl (C=O) groups excluding carboxylic acids is 1. The number of benzene rings is 1. The Morgan fingerprint density at radius 2 is 2.00 bits per heavy atom. The molecule has 110 valence electrons. The Bertz CT molecular complexity index is 485. The highest BCUT2D eigenvalue weighted by Crippen LogP contribution is 2.16. The van der Waals surface area contributed by atoms with E-state index < -0.39 is 17.9 Å². The van der Waals surface area contributed by atoms with Crippen LogP contribution < -0.4 is 10.1 Å². The monoisotopic (exact) mass is 279 g/mol. The molecular formula is C15H21NO4. The Morgan fingerprint density at radius 1 is 1.30 bits per heavy atom.